The van der Waals surface area contributed by atoms with E-state index in [-0.39, 0.29) is 5.97 Å². The first-order valence-electron chi connectivity index (χ1n) is 6.31. The predicted octanol–water partition coefficient (Wildman–Crippen LogP) is 3.38. The number of ether oxygens (including phenoxy) is 2. The second-order valence-electron chi connectivity index (χ2n) is 5.01. The second-order valence-corrected chi connectivity index (χ2v) is 5.86. The molecule has 1 aromatic rings. The highest BCUT2D eigenvalue weighted by Gasteiger charge is 2.37. The van der Waals surface area contributed by atoms with Crippen molar-refractivity contribution in [2.45, 2.75) is 33.1 Å². The van der Waals surface area contributed by atoms with E-state index in [1.54, 1.807) is 26.8 Å². The summed E-state index contributed by atoms with van der Waals surface area (Å²) in [4.78, 5) is 24.1. The third kappa shape index (κ3) is 3.20. The number of hydrogen-bond acceptors (Lipinski definition) is 4. The van der Waals surface area contributed by atoms with Crippen LogP contribution in [0.15, 0.2) is 16.6 Å². The van der Waals surface area contributed by atoms with Crippen LogP contribution in [0.3, 0.4) is 0 Å². The molecule has 0 aromatic heterocycles. The number of halogens is 1. The van der Waals surface area contributed by atoms with Gasteiger partial charge in [0.15, 0.2) is 0 Å². The Kier molecular flexibility index (Phi) is 5.34. The fourth-order valence-electron chi connectivity index (χ4n) is 2.06. The summed E-state index contributed by atoms with van der Waals surface area (Å²) in [7, 11) is 1.32. The molecule has 0 aliphatic heterocycles. The third-order valence-corrected chi connectivity index (χ3v) is 3.68. The third-order valence-electron chi connectivity index (χ3n) is 3.05. The van der Waals surface area contributed by atoms with Gasteiger partial charge in [-0.1, -0.05) is 15.9 Å². The van der Waals surface area contributed by atoms with Gasteiger partial charge in [-0.15, -0.1) is 0 Å². The standard InChI is InChI=1S/C15H19BrO4/c1-6-20-14(18)15(3,4)12-10(13(17)19-5)7-9(2)8-11(12)16/h7-8H,6H2,1-5H3. The lowest BCUT2D eigenvalue weighted by Gasteiger charge is -2.26. The molecule has 5 heteroatoms. The fraction of sp³-hybridized carbons (Fsp3) is 0.467. The van der Waals surface area contributed by atoms with E-state index < -0.39 is 11.4 Å². The van der Waals surface area contributed by atoms with Crippen molar-refractivity contribution in [3.63, 3.8) is 0 Å². The molecule has 1 rings (SSSR count). The molecule has 0 saturated heterocycles. The summed E-state index contributed by atoms with van der Waals surface area (Å²) < 4.78 is 10.6. The first kappa shape index (κ1) is 16.7. The number of hydrogen-bond donors (Lipinski definition) is 0. The molecule has 0 saturated carbocycles. The molecule has 0 spiro atoms. The van der Waals surface area contributed by atoms with Crippen molar-refractivity contribution in [3.05, 3.63) is 33.3 Å². The zero-order valence-corrected chi connectivity index (χ0v) is 14.0. The van der Waals surface area contributed by atoms with Gasteiger partial charge in [0, 0.05) is 4.47 Å². The zero-order valence-electron chi connectivity index (χ0n) is 12.4. The van der Waals surface area contributed by atoms with Gasteiger partial charge in [-0.2, -0.15) is 0 Å². The summed E-state index contributed by atoms with van der Waals surface area (Å²) in [6.07, 6.45) is 0. The Bertz CT molecular complexity index is 535. The van der Waals surface area contributed by atoms with Gasteiger partial charge in [0.05, 0.1) is 24.7 Å². The van der Waals surface area contributed by atoms with Crippen molar-refractivity contribution in [3.8, 4) is 0 Å². The quantitative estimate of drug-likeness (QED) is 0.787. The SMILES string of the molecule is CCOC(=O)C(C)(C)c1c(Br)cc(C)cc1C(=O)OC. The Hall–Kier alpha value is -1.36. The molecule has 0 amide bonds. The highest BCUT2D eigenvalue weighted by Crippen LogP contribution is 2.35. The number of carbonyl (C=O) groups excluding carboxylic acids is 2. The van der Waals surface area contributed by atoms with Crippen LogP contribution >= 0.6 is 15.9 Å². The summed E-state index contributed by atoms with van der Waals surface area (Å²) in [6.45, 7) is 7.37. The van der Waals surface area contributed by atoms with Crippen LogP contribution in [-0.4, -0.2) is 25.7 Å². The van der Waals surface area contributed by atoms with E-state index in [2.05, 4.69) is 15.9 Å². The van der Waals surface area contributed by atoms with Crippen LogP contribution in [0.5, 0.6) is 0 Å². The summed E-state index contributed by atoms with van der Waals surface area (Å²) in [5.74, 6) is -0.850. The summed E-state index contributed by atoms with van der Waals surface area (Å²) >= 11 is 3.44. The Morgan fingerprint density at radius 1 is 1.30 bits per heavy atom. The maximum Gasteiger partial charge on any atom is 0.338 e. The first-order chi connectivity index (χ1) is 9.25. The van der Waals surface area contributed by atoms with Crippen LogP contribution in [0.25, 0.3) is 0 Å². The molecule has 4 nitrogen and oxygen atoms in total. The van der Waals surface area contributed by atoms with E-state index in [9.17, 15) is 9.59 Å². The molecule has 0 N–H and O–H groups in total. The van der Waals surface area contributed by atoms with Gasteiger partial charge in [-0.25, -0.2) is 4.79 Å². The smallest absolute Gasteiger partial charge is 0.338 e. The summed E-state index contributed by atoms with van der Waals surface area (Å²) in [5.41, 5.74) is 0.901. The van der Waals surface area contributed by atoms with E-state index in [1.807, 2.05) is 13.0 Å². The van der Waals surface area contributed by atoms with Gasteiger partial charge in [0.2, 0.25) is 0 Å². The number of carbonyl (C=O) groups is 2. The Balaban J connectivity index is 3.50. The molecule has 0 radical (unpaired) electrons. The maximum absolute atomic E-state index is 12.2. The lowest BCUT2D eigenvalue weighted by Crippen LogP contribution is -2.33. The lowest BCUT2D eigenvalue weighted by atomic mass is 9.81. The molecule has 0 aliphatic rings. The van der Waals surface area contributed by atoms with Gasteiger partial charge in [-0.05, 0) is 51.0 Å². The van der Waals surface area contributed by atoms with E-state index in [4.69, 9.17) is 9.47 Å². The molecule has 0 bridgehead atoms. The number of benzene rings is 1. The van der Waals surface area contributed by atoms with Gasteiger partial charge in [0.25, 0.3) is 0 Å². The van der Waals surface area contributed by atoms with Crippen LogP contribution in [0.4, 0.5) is 0 Å². The highest BCUT2D eigenvalue weighted by molar-refractivity contribution is 9.10. The van der Waals surface area contributed by atoms with Crippen LogP contribution in [0, 0.1) is 6.92 Å². The van der Waals surface area contributed by atoms with Crippen molar-refractivity contribution < 1.29 is 19.1 Å². The Morgan fingerprint density at radius 2 is 1.90 bits per heavy atom. The molecule has 20 heavy (non-hydrogen) atoms. The minimum Gasteiger partial charge on any atom is -0.465 e. The van der Waals surface area contributed by atoms with Gasteiger partial charge < -0.3 is 9.47 Å². The van der Waals surface area contributed by atoms with E-state index in [0.717, 1.165) is 5.56 Å². The number of rotatable bonds is 4. The maximum atomic E-state index is 12.2. The number of aryl methyl sites for hydroxylation is 1. The molecule has 0 unspecified atom stereocenters. The molecule has 110 valence electrons. The van der Waals surface area contributed by atoms with Crippen molar-refractivity contribution in [1.82, 2.24) is 0 Å². The lowest BCUT2D eigenvalue weighted by molar-refractivity contribution is -0.148. The largest absolute Gasteiger partial charge is 0.465 e. The van der Waals surface area contributed by atoms with Crippen LogP contribution < -0.4 is 0 Å². The molecule has 0 atom stereocenters. The summed E-state index contributed by atoms with van der Waals surface area (Å²) in [6, 6.07) is 3.58. The molecular weight excluding hydrogens is 324 g/mol. The first-order valence-corrected chi connectivity index (χ1v) is 7.11. The van der Waals surface area contributed by atoms with Crippen molar-refractivity contribution in [1.29, 1.82) is 0 Å². The predicted molar refractivity (Wildman–Crippen MR) is 79.9 cm³/mol. The van der Waals surface area contributed by atoms with E-state index in [0.29, 0.717) is 22.2 Å². The monoisotopic (exact) mass is 342 g/mol. The molecule has 1 aromatic carbocycles. The van der Waals surface area contributed by atoms with E-state index in [1.165, 1.54) is 7.11 Å². The fourth-order valence-corrected chi connectivity index (χ4v) is 3.13. The average molecular weight is 343 g/mol. The topological polar surface area (TPSA) is 52.6 Å². The molecular formula is C15H19BrO4. The van der Waals surface area contributed by atoms with Crippen molar-refractivity contribution in [2.75, 3.05) is 13.7 Å². The molecule has 0 heterocycles. The minimum atomic E-state index is -0.952. The summed E-state index contributed by atoms with van der Waals surface area (Å²) in [5, 5.41) is 0. The minimum absolute atomic E-state index is 0.291. The number of esters is 2. The van der Waals surface area contributed by atoms with Crippen molar-refractivity contribution >= 4 is 27.9 Å². The Morgan fingerprint density at radius 3 is 2.40 bits per heavy atom. The van der Waals surface area contributed by atoms with Crippen LogP contribution in [-0.2, 0) is 19.7 Å². The van der Waals surface area contributed by atoms with Gasteiger partial charge in [0.1, 0.15) is 0 Å². The van der Waals surface area contributed by atoms with Gasteiger partial charge in [-0.3, -0.25) is 4.79 Å². The zero-order chi connectivity index (χ0) is 15.5. The molecule has 0 aliphatic carbocycles. The highest BCUT2D eigenvalue weighted by atomic mass is 79.9. The normalized spacial score (nSPS) is 11.1. The van der Waals surface area contributed by atoms with Crippen LogP contribution in [0.2, 0.25) is 0 Å². The van der Waals surface area contributed by atoms with E-state index >= 15 is 0 Å². The van der Waals surface area contributed by atoms with Crippen LogP contribution in [0.1, 0.15) is 42.3 Å². The average Bonchev–Trinajstić information content (AvgIpc) is 2.36. The second kappa shape index (κ2) is 6.39. The van der Waals surface area contributed by atoms with Crippen molar-refractivity contribution in [2.24, 2.45) is 0 Å². The molecule has 0 fully saturated rings. The number of methoxy groups -OCH3 is 1. The van der Waals surface area contributed by atoms with Gasteiger partial charge >= 0.3 is 11.9 Å². The Labute approximate surface area is 127 Å².